The second-order valence-electron chi connectivity index (χ2n) is 6.73. The van der Waals surface area contributed by atoms with Crippen molar-refractivity contribution in [3.8, 4) is 0 Å². The minimum absolute atomic E-state index is 0.137. The van der Waals surface area contributed by atoms with Crippen molar-refractivity contribution in [1.82, 2.24) is 4.90 Å². The molecule has 0 heterocycles. The molecular formula is C15H27NO6. The number of ether oxygens (including phenoxy) is 3. The zero-order chi connectivity index (χ0) is 17.6. The van der Waals surface area contributed by atoms with Crippen molar-refractivity contribution >= 4 is 18.0 Å². The van der Waals surface area contributed by atoms with Crippen molar-refractivity contribution in [2.24, 2.45) is 0 Å². The lowest BCUT2D eigenvalue weighted by Crippen LogP contribution is -2.43. The van der Waals surface area contributed by atoms with E-state index >= 15 is 0 Å². The predicted molar refractivity (Wildman–Crippen MR) is 80.3 cm³/mol. The molecule has 0 rings (SSSR count). The summed E-state index contributed by atoms with van der Waals surface area (Å²) in [5, 5.41) is 0. The normalized spacial score (nSPS) is 11.6. The van der Waals surface area contributed by atoms with Gasteiger partial charge in [-0.3, -0.25) is 14.5 Å². The molecule has 7 heteroatoms. The number of carbonyl (C=O) groups is 3. The van der Waals surface area contributed by atoms with Crippen LogP contribution in [0.15, 0.2) is 0 Å². The zero-order valence-electron chi connectivity index (χ0n) is 14.5. The summed E-state index contributed by atoms with van der Waals surface area (Å²) in [5.41, 5.74) is -1.35. The van der Waals surface area contributed by atoms with Gasteiger partial charge in [0.05, 0.1) is 6.61 Å². The van der Waals surface area contributed by atoms with Crippen LogP contribution in [0.3, 0.4) is 0 Å². The van der Waals surface area contributed by atoms with Crippen LogP contribution in [0.1, 0.15) is 48.5 Å². The van der Waals surface area contributed by atoms with Crippen LogP contribution in [0.5, 0.6) is 0 Å². The molecule has 0 aromatic heterocycles. The Bertz CT molecular complexity index is 375. The molecular weight excluding hydrogens is 290 g/mol. The Morgan fingerprint density at radius 2 is 1.18 bits per heavy atom. The van der Waals surface area contributed by atoms with Crippen LogP contribution in [0, 0.1) is 0 Å². The van der Waals surface area contributed by atoms with E-state index in [-0.39, 0.29) is 19.7 Å². The third kappa shape index (κ3) is 10.0. The van der Waals surface area contributed by atoms with Crippen molar-refractivity contribution in [2.45, 2.75) is 59.7 Å². The molecule has 0 aromatic carbocycles. The number of hydrogen-bond acceptors (Lipinski definition) is 6. The van der Waals surface area contributed by atoms with Crippen LogP contribution in [-0.2, 0) is 23.8 Å². The van der Waals surface area contributed by atoms with Crippen LogP contribution in [0.4, 0.5) is 4.79 Å². The predicted octanol–water partition coefficient (Wildman–Crippen LogP) is 2.13. The zero-order valence-corrected chi connectivity index (χ0v) is 14.5. The van der Waals surface area contributed by atoms with Crippen molar-refractivity contribution in [2.75, 3.05) is 19.7 Å². The molecule has 7 nitrogen and oxygen atoms in total. The molecule has 0 spiro atoms. The molecule has 0 bridgehead atoms. The molecule has 0 atom stereocenters. The highest BCUT2D eigenvalue weighted by atomic mass is 16.6. The Morgan fingerprint density at radius 3 is 1.45 bits per heavy atom. The molecule has 0 unspecified atom stereocenters. The van der Waals surface area contributed by atoms with Gasteiger partial charge in [-0.25, -0.2) is 4.79 Å². The number of nitrogens with zero attached hydrogens (tertiary/aromatic N) is 1. The summed E-state index contributed by atoms with van der Waals surface area (Å²) in [5.74, 6) is -1.24. The largest absolute Gasteiger partial charge is 0.459 e. The summed E-state index contributed by atoms with van der Waals surface area (Å²) in [6.07, 6.45) is -0.765. The molecule has 0 aliphatic rings. The standard InChI is InChI=1S/C15H27NO6/c1-8-20-13(19)16(9-11(17)21-14(2,3)4)10-12(18)22-15(5,6)7/h8-10H2,1-7H3. The van der Waals surface area contributed by atoms with E-state index in [0.29, 0.717) is 0 Å². The topological polar surface area (TPSA) is 82.1 Å². The molecule has 0 saturated carbocycles. The summed E-state index contributed by atoms with van der Waals surface area (Å²) in [6.45, 7) is 11.3. The molecule has 22 heavy (non-hydrogen) atoms. The fourth-order valence-corrected chi connectivity index (χ4v) is 1.46. The van der Waals surface area contributed by atoms with E-state index in [9.17, 15) is 14.4 Å². The molecule has 0 aromatic rings. The van der Waals surface area contributed by atoms with Crippen LogP contribution in [-0.4, -0.2) is 53.8 Å². The van der Waals surface area contributed by atoms with Crippen LogP contribution in [0.25, 0.3) is 0 Å². The first-order valence-electron chi connectivity index (χ1n) is 7.19. The Labute approximate surface area is 131 Å². The minimum atomic E-state index is -0.765. The SMILES string of the molecule is CCOC(=O)N(CC(=O)OC(C)(C)C)CC(=O)OC(C)(C)C. The van der Waals surface area contributed by atoms with Gasteiger partial charge in [-0.1, -0.05) is 0 Å². The lowest BCUT2D eigenvalue weighted by atomic mass is 10.2. The summed E-state index contributed by atoms with van der Waals surface area (Å²) >= 11 is 0. The molecule has 0 N–H and O–H groups in total. The Balaban J connectivity index is 4.80. The van der Waals surface area contributed by atoms with Gasteiger partial charge in [-0.05, 0) is 48.5 Å². The third-order valence-electron chi connectivity index (χ3n) is 2.01. The second-order valence-corrected chi connectivity index (χ2v) is 6.73. The van der Waals surface area contributed by atoms with Gasteiger partial charge in [0.1, 0.15) is 24.3 Å². The maximum atomic E-state index is 11.8. The summed E-state index contributed by atoms with van der Waals surface area (Å²) in [7, 11) is 0. The fraction of sp³-hybridized carbons (Fsp3) is 0.800. The lowest BCUT2D eigenvalue weighted by Gasteiger charge is -2.25. The van der Waals surface area contributed by atoms with Gasteiger partial charge in [0.25, 0.3) is 0 Å². The maximum Gasteiger partial charge on any atom is 0.410 e. The highest BCUT2D eigenvalue weighted by Crippen LogP contribution is 2.10. The molecule has 1 amide bonds. The fourth-order valence-electron chi connectivity index (χ4n) is 1.46. The summed E-state index contributed by atoms with van der Waals surface area (Å²) in [4.78, 5) is 36.4. The highest BCUT2D eigenvalue weighted by Gasteiger charge is 2.27. The van der Waals surface area contributed by atoms with Crippen LogP contribution in [0.2, 0.25) is 0 Å². The van der Waals surface area contributed by atoms with Crippen LogP contribution < -0.4 is 0 Å². The molecule has 0 saturated heterocycles. The smallest absolute Gasteiger partial charge is 0.410 e. The molecule has 0 fully saturated rings. The number of amides is 1. The Kier molecular flexibility index (Phi) is 7.35. The van der Waals surface area contributed by atoms with Crippen molar-refractivity contribution < 1.29 is 28.6 Å². The maximum absolute atomic E-state index is 11.8. The van der Waals surface area contributed by atoms with Gasteiger partial charge < -0.3 is 14.2 Å². The summed E-state index contributed by atoms with van der Waals surface area (Å²) in [6, 6.07) is 0. The number of esters is 2. The van der Waals surface area contributed by atoms with Gasteiger partial charge in [-0.2, -0.15) is 0 Å². The van der Waals surface area contributed by atoms with Crippen molar-refractivity contribution in [3.63, 3.8) is 0 Å². The molecule has 0 aliphatic carbocycles. The molecule has 0 radical (unpaired) electrons. The van der Waals surface area contributed by atoms with E-state index < -0.39 is 29.2 Å². The average Bonchev–Trinajstić information content (AvgIpc) is 2.22. The summed E-state index contributed by atoms with van der Waals surface area (Å²) < 4.78 is 15.1. The number of carbonyl (C=O) groups excluding carboxylic acids is 3. The van der Waals surface area contributed by atoms with E-state index in [2.05, 4.69) is 0 Å². The average molecular weight is 317 g/mol. The van der Waals surface area contributed by atoms with Crippen LogP contribution >= 0.6 is 0 Å². The first-order chi connectivity index (χ1) is 9.84. The van der Waals surface area contributed by atoms with Gasteiger partial charge in [0.2, 0.25) is 0 Å². The van der Waals surface area contributed by atoms with Gasteiger partial charge in [-0.15, -0.1) is 0 Å². The van der Waals surface area contributed by atoms with Crippen molar-refractivity contribution in [3.05, 3.63) is 0 Å². The second kappa shape index (κ2) is 8.00. The van der Waals surface area contributed by atoms with E-state index in [4.69, 9.17) is 14.2 Å². The van der Waals surface area contributed by atoms with E-state index in [1.807, 2.05) is 0 Å². The van der Waals surface area contributed by atoms with E-state index in [1.54, 1.807) is 48.5 Å². The number of hydrogen-bond donors (Lipinski definition) is 0. The Hall–Kier alpha value is -1.79. The Morgan fingerprint density at radius 1 is 0.818 bits per heavy atom. The van der Waals surface area contributed by atoms with Crippen molar-refractivity contribution in [1.29, 1.82) is 0 Å². The van der Waals surface area contributed by atoms with E-state index in [1.165, 1.54) is 0 Å². The minimum Gasteiger partial charge on any atom is -0.459 e. The van der Waals surface area contributed by atoms with Gasteiger partial charge in [0, 0.05) is 0 Å². The number of rotatable bonds is 5. The van der Waals surface area contributed by atoms with Gasteiger partial charge >= 0.3 is 18.0 Å². The lowest BCUT2D eigenvalue weighted by molar-refractivity contribution is -0.159. The first kappa shape index (κ1) is 20.2. The molecule has 128 valence electrons. The van der Waals surface area contributed by atoms with E-state index in [0.717, 1.165) is 4.90 Å². The third-order valence-corrected chi connectivity index (χ3v) is 2.01. The highest BCUT2D eigenvalue weighted by molar-refractivity contribution is 5.83. The first-order valence-corrected chi connectivity index (χ1v) is 7.19. The van der Waals surface area contributed by atoms with Gasteiger partial charge in [0.15, 0.2) is 0 Å². The quantitative estimate of drug-likeness (QED) is 0.570. The monoisotopic (exact) mass is 317 g/mol. The molecule has 0 aliphatic heterocycles.